The van der Waals surface area contributed by atoms with Crippen molar-refractivity contribution in [1.29, 1.82) is 0 Å². The molecule has 0 bridgehead atoms. The number of para-hydroxylation sites is 1. The number of anilines is 1. The first kappa shape index (κ1) is 13.5. The first-order valence-electron chi connectivity index (χ1n) is 6.62. The summed E-state index contributed by atoms with van der Waals surface area (Å²) in [6.45, 7) is 4.32. The molecule has 5 heteroatoms. The Morgan fingerprint density at radius 1 is 1.32 bits per heavy atom. The summed E-state index contributed by atoms with van der Waals surface area (Å²) in [5.41, 5.74) is 8.07. The summed E-state index contributed by atoms with van der Waals surface area (Å²) < 4.78 is 1.96. The van der Waals surface area contributed by atoms with Gasteiger partial charge in [-0.2, -0.15) is 5.10 Å². The van der Waals surface area contributed by atoms with E-state index in [-0.39, 0.29) is 0 Å². The highest BCUT2D eigenvalue weighted by Crippen LogP contribution is 2.20. The van der Waals surface area contributed by atoms with Crippen LogP contribution >= 0.6 is 0 Å². The third kappa shape index (κ3) is 3.12. The van der Waals surface area contributed by atoms with Crippen molar-refractivity contribution in [3.63, 3.8) is 0 Å². The lowest BCUT2D eigenvalue weighted by Gasteiger charge is -2.21. The predicted molar refractivity (Wildman–Crippen MR) is 76.8 cm³/mol. The fourth-order valence-electron chi connectivity index (χ4n) is 2.16. The molecule has 0 spiro atoms. The minimum atomic E-state index is 0.544. The van der Waals surface area contributed by atoms with Crippen LogP contribution in [0.4, 0.5) is 5.69 Å². The van der Waals surface area contributed by atoms with Gasteiger partial charge in [0.25, 0.3) is 0 Å². The standard InChI is InChI=1S/C14H21N5/c1-3-8-19-14(16-11-17-19)10-18(2)13-7-5-4-6-12(13)9-15/h4-7,11H,3,8-10,15H2,1-2H3. The largest absolute Gasteiger partial charge is 0.367 e. The Bertz CT molecular complexity index is 520. The summed E-state index contributed by atoms with van der Waals surface area (Å²) in [6.07, 6.45) is 2.67. The third-order valence-corrected chi connectivity index (χ3v) is 3.13. The molecular weight excluding hydrogens is 238 g/mol. The Morgan fingerprint density at radius 2 is 2.11 bits per heavy atom. The van der Waals surface area contributed by atoms with E-state index in [2.05, 4.69) is 41.1 Å². The molecule has 0 aliphatic rings. The molecule has 1 aromatic carbocycles. The van der Waals surface area contributed by atoms with Crippen LogP contribution in [0.25, 0.3) is 0 Å². The molecule has 0 unspecified atom stereocenters. The smallest absolute Gasteiger partial charge is 0.146 e. The Labute approximate surface area is 114 Å². The van der Waals surface area contributed by atoms with E-state index in [0.29, 0.717) is 6.54 Å². The maximum absolute atomic E-state index is 5.78. The van der Waals surface area contributed by atoms with Crippen LogP contribution in [0.15, 0.2) is 30.6 Å². The average molecular weight is 259 g/mol. The highest BCUT2D eigenvalue weighted by atomic mass is 15.3. The molecule has 1 aromatic heterocycles. The monoisotopic (exact) mass is 259 g/mol. The van der Waals surface area contributed by atoms with Crippen molar-refractivity contribution < 1.29 is 0 Å². The fourth-order valence-corrected chi connectivity index (χ4v) is 2.16. The molecular formula is C14H21N5. The van der Waals surface area contributed by atoms with E-state index in [9.17, 15) is 0 Å². The van der Waals surface area contributed by atoms with Crippen molar-refractivity contribution >= 4 is 5.69 Å². The fraction of sp³-hybridized carbons (Fsp3) is 0.429. The number of nitrogens with two attached hydrogens (primary N) is 1. The Kier molecular flexibility index (Phi) is 4.52. The van der Waals surface area contributed by atoms with Gasteiger partial charge in [-0.1, -0.05) is 25.1 Å². The van der Waals surface area contributed by atoms with E-state index >= 15 is 0 Å². The van der Waals surface area contributed by atoms with Crippen molar-refractivity contribution in [2.75, 3.05) is 11.9 Å². The number of hydrogen-bond donors (Lipinski definition) is 1. The van der Waals surface area contributed by atoms with E-state index in [4.69, 9.17) is 5.73 Å². The predicted octanol–water partition coefficient (Wildman–Crippen LogP) is 1.78. The molecule has 0 fully saturated rings. The number of nitrogens with zero attached hydrogens (tertiary/aromatic N) is 4. The molecule has 102 valence electrons. The van der Waals surface area contributed by atoms with E-state index in [1.165, 1.54) is 0 Å². The van der Waals surface area contributed by atoms with Gasteiger partial charge in [0, 0.05) is 25.8 Å². The first-order chi connectivity index (χ1) is 9.26. The lowest BCUT2D eigenvalue weighted by atomic mass is 10.1. The molecule has 0 saturated heterocycles. The maximum atomic E-state index is 5.78. The molecule has 2 aromatic rings. The molecule has 5 nitrogen and oxygen atoms in total. The third-order valence-electron chi connectivity index (χ3n) is 3.13. The van der Waals surface area contributed by atoms with Gasteiger partial charge in [0.1, 0.15) is 12.2 Å². The van der Waals surface area contributed by atoms with Gasteiger partial charge in [-0.05, 0) is 18.1 Å². The molecule has 0 atom stereocenters. The van der Waals surface area contributed by atoms with Gasteiger partial charge in [0.05, 0.1) is 6.54 Å². The number of aromatic nitrogens is 3. The van der Waals surface area contributed by atoms with E-state index in [1.54, 1.807) is 6.33 Å². The van der Waals surface area contributed by atoms with Crippen molar-refractivity contribution in [1.82, 2.24) is 14.8 Å². The lowest BCUT2D eigenvalue weighted by Crippen LogP contribution is -2.22. The summed E-state index contributed by atoms with van der Waals surface area (Å²) in [5.74, 6) is 0.983. The van der Waals surface area contributed by atoms with Gasteiger partial charge in [0.2, 0.25) is 0 Å². The summed E-state index contributed by atoms with van der Waals surface area (Å²) in [4.78, 5) is 6.50. The highest BCUT2D eigenvalue weighted by Gasteiger charge is 2.10. The lowest BCUT2D eigenvalue weighted by molar-refractivity contribution is 0.566. The van der Waals surface area contributed by atoms with Crippen LogP contribution < -0.4 is 10.6 Å². The molecule has 0 aliphatic heterocycles. The minimum Gasteiger partial charge on any atom is -0.367 e. The van der Waals surface area contributed by atoms with E-state index in [1.807, 2.05) is 16.8 Å². The number of hydrogen-bond acceptors (Lipinski definition) is 4. The van der Waals surface area contributed by atoms with Crippen LogP contribution in [-0.2, 0) is 19.6 Å². The molecule has 19 heavy (non-hydrogen) atoms. The molecule has 0 radical (unpaired) electrons. The van der Waals surface area contributed by atoms with Crippen LogP contribution in [0, 0.1) is 0 Å². The average Bonchev–Trinajstić information content (AvgIpc) is 2.86. The van der Waals surface area contributed by atoms with Gasteiger partial charge < -0.3 is 10.6 Å². The summed E-state index contributed by atoms with van der Waals surface area (Å²) in [5, 5.41) is 4.25. The van der Waals surface area contributed by atoms with Gasteiger partial charge in [-0.25, -0.2) is 9.67 Å². The Hall–Kier alpha value is -1.88. The van der Waals surface area contributed by atoms with Crippen molar-refractivity contribution in [2.24, 2.45) is 5.73 Å². The summed E-state index contributed by atoms with van der Waals surface area (Å²) >= 11 is 0. The number of benzene rings is 1. The van der Waals surface area contributed by atoms with E-state index in [0.717, 1.165) is 36.6 Å². The molecule has 1 heterocycles. The molecule has 0 amide bonds. The van der Waals surface area contributed by atoms with Gasteiger partial charge in [-0.15, -0.1) is 0 Å². The van der Waals surface area contributed by atoms with Crippen LogP contribution in [-0.4, -0.2) is 21.8 Å². The van der Waals surface area contributed by atoms with Crippen LogP contribution in [0.1, 0.15) is 24.7 Å². The van der Waals surface area contributed by atoms with E-state index < -0.39 is 0 Å². The topological polar surface area (TPSA) is 60.0 Å². The quantitative estimate of drug-likeness (QED) is 0.859. The summed E-state index contributed by atoms with van der Waals surface area (Å²) in [7, 11) is 2.06. The molecule has 2 rings (SSSR count). The SMILES string of the molecule is CCCn1ncnc1CN(C)c1ccccc1CN. The van der Waals surface area contributed by atoms with Crippen molar-refractivity contribution in [2.45, 2.75) is 33.0 Å². The number of aryl methyl sites for hydroxylation is 1. The molecule has 0 aliphatic carbocycles. The van der Waals surface area contributed by atoms with Gasteiger partial charge in [-0.3, -0.25) is 0 Å². The zero-order chi connectivity index (χ0) is 13.7. The second-order valence-electron chi connectivity index (χ2n) is 4.59. The Morgan fingerprint density at radius 3 is 2.84 bits per heavy atom. The summed E-state index contributed by atoms with van der Waals surface area (Å²) in [6, 6.07) is 8.19. The van der Waals surface area contributed by atoms with Crippen molar-refractivity contribution in [3.8, 4) is 0 Å². The van der Waals surface area contributed by atoms with Crippen LogP contribution in [0.2, 0.25) is 0 Å². The second kappa shape index (κ2) is 6.33. The van der Waals surface area contributed by atoms with Crippen LogP contribution in [0.3, 0.4) is 0 Å². The van der Waals surface area contributed by atoms with Crippen molar-refractivity contribution in [3.05, 3.63) is 42.0 Å². The second-order valence-corrected chi connectivity index (χ2v) is 4.59. The minimum absolute atomic E-state index is 0.544. The normalized spacial score (nSPS) is 10.7. The zero-order valence-corrected chi connectivity index (χ0v) is 11.6. The number of rotatable bonds is 6. The maximum Gasteiger partial charge on any atom is 0.146 e. The molecule has 2 N–H and O–H groups in total. The molecule has 0 saturated carbocycles. The van der Waals surface area contributed by atoms with Gasteiger partial charge >= 0.3 is 0 Å². The zero-order valence-electron chi connectivity index (χ0n) is 11.6. The van der Waals surface area contributed by atoms with Crippen LogP contribution in [0.5, 0.6) is 0 Å². The Balaban J connectivity index is 2.16. The first-order valence-corrected chi connectivity index (χ1v) is 6.62. The highest BCUT2D eigenvalue weighted by molar-refractivity contribution is 5.52. The van der Waals surface area contributed by atoms with Gasteiger partial charge in [0.15, 0.2) is 0 Å².